The van der Waals surface area contributed by atoms with Crippen molar-refractivity contribution < 1.29 is 0 Å². The molecule has 0 fully saturated rings. The minimum absolute atomic E-state index is 0.416. The SMILES string of the molecule is c1ccc(-c2ccc(N(c3ccc(-c4ccc(-n5c6ccccc6c6ccccc65)cc4)cc3)c3cccc(-c4cccc(-c5ccc(-c6cccc(N(c7ccc(-c8ccc(CCC9c%10ccccc%10-c%10ccccc%109)cc8)cc7)c7cccc(-c8ccccc8)c7)c6)cc5)c4)c3)cc2)cc1. The molecule has 482 valence electrons. The van der Waals surface area contributed by atoms with E-state index in [-0.39, 0.29) is 0 Å². The van der Waals surface area contributed by atoms with Gasteiger partial charge in [-0.15, -0.1) is 0 Å². The molecule has 0 amide bonds. The summed E-state index contributed by atoms with van der Waals surface area (Å²) in [4.78, 5) is 4.76. The van der Waals surface area contributed by atoms with E-state index in [9.17, 15) is 0 Å². The highest BCUT2D eigenvalue weighted by Gasteiger charge is 2.28. The van der Waals surface area contributed by atoms with Gasteiger partial charge in [-0.3, -0.25) is 0 Å². The normalized spacial score (nSPS) is 11.8. The van der Waals surface area contributed by atoms with Crippen molar-refractivity contribution in [2.45, 2.75) is 18.8 Å². The molecule has 1 aromatic heterocycles. The van der Waals surface area contributed by atoms with Crippen molar-refractivity contribution >= 4 is 55.9 Å². The van der Waals surface area contributed by atoms with Gasteiger partial charge in [0.25, 0.3) is 0 Å². The fraction of sp³-hybridized carbons (Fsp3) is 0.0303. The number of rotatable bonds is 17. The van der Waals surface area contributed by atoms with E-state index in [1.807, 2.05) is 0 Å². The fourth-order valence-electron chi connectivity index (χ4n) is 15.5. The van der Waals surface area contributed by atoms with Crippen LogP contribution in [0.2, 0.25) is 0 Å². The molecular formula is C99H71N3. The van der Waals surface area contributed by atoms with Crippen LogP contribution in [0, 0.1) is 0 Å². The molecular weight excluding hydrogens is 1230 g/mol. The number of aryl methyl sites for hydroxylation is 1. The summed E-state index contributed by atoms with van der Waals surface area (Å²) in [7, 11) is 0. The lowest BCUT2D eigenvalue weighted by Gasteiger charge is -2.27. The van der Waals surface area contributed by atoms with Gasteiger partial charge in [0.2, 0.25) is 0 Å². The van der Waals surface area contributed by atoms with Gasteiger partial charge < -0.3 is 14.4 Å². The summed E-state index contributed by atoms with van der Waals surface area (Å²) in [6.07, 6.45) is 2.10. The molecule has 16 aromatic carbocycles. The van der Waals surface area contributed by atoms with E-state index in [1.54, 1.807) is 0 Å². The van der Waals surface area contributed by atoms with E-state index < -0.39 is 0 Å². The fourth-order valence-corrected chi connectivity index (χ4v) is 15.5. The third-order valence-electron chi connectivity index (χ3n) is 20.7. The van der Waals surface area contributed by atoms with Gasteiger partial charge in [-0.05, 0) is 222 Å². The summed E-state index contributed by atoms with van der Waals surface area (Å²) in [6.45, 7) is 0. The van der Waals surface area contributed by atoms with Crippen LogP contribution in [0.4, 0.5) is 34.1 Å². The zero-order valence-corrected chi connectivity index (χ0v) is 56.4. The van der Waals surface area contributed by atoms with Gasteiger partial charge in [-0.25, -0.2) is 0 Å². The van der Waals surface area contributed by atoms with Crippen molar-refractivity contribution in [3.05, 3.63) is 417 Å². The lowest BCUT2D eigenvalue weighted by molar-refractivity contribution is 0.729. The van der Waals surface area contributed by atoms with Crippen molar-refractivity contribution in [1.29, 1.82) is 0 Å². The van der Waals surface area contributed by atoms with Gasteiger partial charge in [0.05, 0.1) is 11.0 Å². The first kappa shape index (κ1) is 61.3. The minimum Gasteiger partial charge on any atom is -0.310 e. The Balaban J connectivity index is 0.609. The molecule has 1 heterocycles. The number of nitrogens with zero attached hydrogens (tertiary/aromatic N) is 3. The molecule has 18 rings (SSSR count). The van der Waals surface area contributed by atoms with Crippen LogP contribution in [0.3, 0.4) is 0 Å². The highest BCUT2D eigenvalue weighted by molar-refractivity contribution is 6.09. The molecule has 0 bridgehead atoms. The molecule has 0 N–H and O–H groups in total. The van der Waals surface area contributed by atoms with Gasteiger partial charge in [-0.2, -0.15) is 0 Å². The molecule has 0 saturated carbocycles. The molecule has 102 heavy (non-hydrogen) atoms. The summed E-state index contributed by atoms with van der Waals surface area (Å²) in [5.41, 5.74) is 33.4. The molecule has 3 nitrogen and oxygen atoms in total. The second-order valence-corrected chi connectivity index (χ2v) is 26.7. The van der Waals surface area contributed by atoms with Crippen LogP contribution in [-0.2, 0) is 6.42 Å². The first-order valence-corrected chi connectivity index (χ1v) is 35.4. The second-order valence-electron chi connectivity index (χ2n) is 26.7. The average Bonchev–Trinajstić information content (AvgIpc) is 1.55. The third kappa shape index (κ3) is 11.9. The molecule has 3 heteroatoms. The Morgan fingerprint density at radius 1 is 0.216 bits per heavy atom. The Morgan fingerprint density at radius 3 is 0.961 bits per heavy atom. The lowest BCUT2D eigenvalue weighted by Crippen LogP contribution is -2.10. The lowest BCUT2D eigenvalue weighted by atomic mass is 9.90. The van der Waals surface area contributed by atoms with Crippen molar-refractivity contribution in [3.63, 3.8) is 0 Å². The molecule has 1 aliphatic carbocycles. The Bertz CT molecular complexity index is 5740. The van der Waals surface area contributed by atoms with Gasteiger partial charge in [0, 0.05) is 56.5 Å². The van der Waals surface area contributed by atoms with Crippen molar-refractivity contribution in [2.24, 2.45) is 0 Å². The standard InChI is InChI=1S/C99H71N3/c1-3-19-70(20-4-1)73-48-56-84(57-49-73)100(85-58-50-75(51-59-85)76-54-62-87(63-55-76)102-98-37-13-11-35-96(98)97-36-12-14-38-99(97)102)88-28-18-27-83(68-88)80-24-15-23-79(65-80)77-44-46-78(47-45-77)82-26-17-30-90(67-82)101(89-29-16-25-81(66-89)71-21-5-2-6-22-71)86-60-52-74(53-61-86)72-42-39-69(40-43-72)41-64-95-93-33-9-7-31-91(93)92-32-8-10-34-94(92)95/h1-40,42-63,65-68,95H,41,64H2. The van der Waals surface area contributed by atoms with Crippen LogP contribution < -0.4 is 9.80 Å². The summed E-state index contributed by atoms with van der Waals surface area (Å²) in [5, 5.41) is 2.52. The molecule has 0 saturated heterocycles. The number of hydrogen-bond acceptors (Lipinski definition) is 2. The topological polar surface area (TPSA) is 11.4 Å². The maximum atomic E-state index is 2.39. The number of hydrogen-bond donors (Lipinski definition) is 0. The first-order chi connectivity index (χ1) is 50.5. The zero-order valence-electron chi connectivity index (χ0n) is 56.4. The molecule has 0 radical (unpaired) electrons. The van der Waals surface area contributed by atoms with Gasteiger partial charge in [0.15, 0.2) is 0 Å². The highest BCUT2D eigenvalue weighted by atomic mass is 15.1. The Labute approximate surface area is 597 Å². The molecule has 0 aliphatic heterocycles. The molecule has 0 atom stereocenters. The largest absolute Gasteiger partial charge is 0.310 e. The number of aromatic nitrogens is 1. The van der Waals surface area contributed by atoms with E-state index in [0.717, 1.165) is 91.6 Å². The van der Waals surface area contributed by atoms with Crippen LogP contribution in [-0.4, -0.2) is 4.57 Å². The predicted molar refractivity (Wildman–Crippen MR) is 430 cm³/mol. The number of fused-ring (bicyclic) bond motifs is 6. The summed E-state index contributed by atoms with van der Waals surface area (Å²) >= 11 is 0. The summed E-state index contributed by atoms with van der Waals surface area (Å²) in [6, 6.07) is 147. The summed E-state index contributed by atoms with van der Waals surface area (Å²) < 4.78 is 2.37. The van der Waals surface area contributed by atoms with E-state index in [0.29, 0.717) is 5.92 Å². The Kier molecular flexibility index (Phi) is 16.2. The van der Waals surface area contributed by atoms with E-state index in [1.165, 1.54) is 88.6 Å². The number of benzene rings is 16. The van der Waals surface area contributed by atoms with E-state index in [4.69, 9.17) is 0 Å². The van der Waals surface area contributed by atoms with E-state index >= 15 is 0 Å². The number of para-hydroxylation sites is 2. The average molecular weight is 1300 g/mol. The zero-order chi connectivity index (χ0) is 67.7. The maximum Gasteiger partial charge on any atom is 0.0541 e. The monoisotopic (exact) mass is 1300 g/mol. The Hall–Kier alpha value is -13.1. The summed E-state index contributed by atoms with van der Waals surface area (Å²) in [5.74, 6) is 0.416. The Morgan fingerprint density at radius 2 is 0.510 bits per heavy atom. The second kappa shape index (κ2) is 27.0. The van der Waals surface area contributed by atoms with Gasteiger partial charge in [-0.1, -0.05) is 297 Å². The van der Waals surface area contributed by atoms with Gasteiger partial charge in [0.1, 0.15) is 0 Å². The van der Waals surface area contributed by atoms with Crippen LogP contribution in [0.25, 0.3) is 117 Å². The predicted octanol–water partition coefficient (Wildman–Crippen LogP) is 27.1. The smallest absolute Gasteiger partial charge is 0.0541 e. The minimum atomic E-state index is 0.416. The van der Waals surface area contributed by atoms with Crippen LogP contribution in [0.1, 0.15) is 29.0 Å². The molecule has 17 aromatic rings. The maximum absolute atomic E-state index is 2.39. The molecule has 1 aliphatic rings. The first-order valence-electron chi connectivity index (χ1n) is 35.4. The van der Waals surface area contributed by atoms with Crippen LogP contribution >= 0.6 is 0 Å². The third-order valence-corrected chi connectivity index (χ3v) is 20.7. The highest BCUT2D eigenvalue weighted by Crippen LogP contribution is 2.48. The van der Waals surface area contributed by atoms with Crippen molar-refractivity contribution in [1.82, 2.24) is 4.57 Å². The molecule has 0 spiro atoms. The van der Waals surface area contributed by atoms with Gasteiger partial charge >= 0.3 is 0 Å². The van der Waals surface area contributed by atoms with Crippen molar-refractivity contribution in [3.8, 4) is 94.7 Å². The van der Waals surface area contributed by atoms with Crippen LogP contribution in [0.5, 0.6) is 0 Å². The molecule has 0 unspecified atom stereocenters. The van der Waals surface area contributed by atoms with E-state index in [2.05, 4.69) is 415 Å². The van der Waals surface area contributed by atoms with Crippen LogP contribution in [0.15, 0.2) is 400 Å². The quantitative estimate of drug-likeness (QED) is 0.0900. The van der Waals surface area contributed by atoms with Crippen molar-refractivity contribution in [2.75, 3.05) is 9.80 Å². The number of anilines is 6.